The van der Waals surface area contributed by atoms with Gasteiger partial charge in [-0.1, -0.05) is 77.6 Å². The van der Waals surface area contributed by atoms with Crippen LogP contribution in [0.4, 0.5) is 0 Å². The van der Waals surface area contributed by atoms with Crippen molar-refractivity contribution in [3.63, 3.8) is 0 Å². The number of quaternary nitrogens is 1. The molecular formula is C23H44INO3S. The van der Waals surface area contributed by atoms with Gasteiger partial charge in [0.1, 0.15) is 6.54 Å². The summed E-state index contributed by atoms with van der Waals surface area (Å²) in [7, 11) is -3.92. The molecule has 0 unspecified atom stereocenters. The Morgan fingerprint density at radius 1 is 0.828 bits per heavy atom. The van der Waals surface area contributed by atoms with Crippen LogP contribution >= 0.6 is 22.6 Å². The standard InChI is InChI=1S/C22H41IN.CH4O3S/c1-2-3-4-5-6-7-8-9-10-11-12-13-14-19-24(22-17-18-23)20-15-16-21-24;1-5(2,3)4/h2-16,19-22H2,1H3;1H3,(H,2,3,4)/q+1;/p-1. The molecule has 1 rings (SSSR count). The van der Waals surface area contributed by atoms with Crippen molar-refractivity contribution in [1.82, 2.24) is 0 Å². The van der Waals surface area contributed by atoms with Gasteiger partial charge in [0.15, 0.2) is 0 Å². The fourth-order valence-electron chi connectivity index (χ4n) is 4.13. The van der Waals surface area contributed by atoms with E-state index in [0.29, 0.717) is 6.26 Å². The number of hydrogen-bond acceptors (Lipinski definition) is 3. The summed E-state index contributed by atoms with van der Waals surface area (Å²) in [6.07, 6.45) is 22.3. The van der Waals surface area contributed by atoms with E-state index in [1.54, 1.807) is 0 Å². The molecule has 1 saturated heterocycles. The Kier molecular flexibility index (Phi) is 19.0. The van der Waals surface area contributed by atoms with Crippen molar-refractivity contribution >= 4 is 32.7 Å². The van der Waals surface area contributed by atoms with E-state index in [1.165, 1.54) is 120 Å². The molecule has 0 atom stereocenters. The van der Waals surface area contributed by atoms with Crippen LogP contribution in [0.25, 0.3) is 0 Å². The van der Waals surface area contributed by atoms with Crippen molar-refractivity contribution in [3.8, 4) is 9.85 Å². The van der Waals surface area contributed by atoms with Crippen molar-refractivity contribution in [2.75, 3.05) is 32.4 Å². The summed E-state index contributed by atoms with van der Waals surface area (Å²) >= 11 is 2.19. The van der Waals surface area contributed by atoms with Crippen LogP contribution in [0, 0.1) is 9.85 Å². The molecule has 0 radical (unpaired) electrons. The number of unbranched alkanes of at least 4 members (excludes halogenated alkanes) is 12. The van der Waals surface area contributed by atoms with E-state index in [1.807, 2.05) is 0 Å². The van der Waals surface area contributed by atoms with Crippen LogP contribution in [0.3, 0.4) is 0 Å². The van der Waals surface area contributed by atoms with Crippen LogP contribution in [0.15, 0.2) is 0 Å². The molecular weight excluding hydrogens is 497 g/mol. The van der Waals surface area contributed by atoms with E-state index >= 15 is 0 Å². The Labute approximate surface area is 195 Å². The molecule has 0 bridgehead atoms. The smallest absolute Gasteiger partial charge is 0.141 e. The first-order valence-corrected chi connectivity index (χ1v) is 14.6. The molecule has 6 heteroatoms. The Morgan fingerprint density at radius 3 is 1.59 bits per heavy atom. The second kappa shape index (κ2) is 18.9. The van der Waals surface area contributed by atoms with E-state index in [4.69, 9.17) is 13.0 Å². The third kappa shape index (κ3) is 21.2. The molecule has 1 aliphatic rings. The van der Waals surface area contributed by atoms with Gasteiger partial charge in [-0.15, -0.1) is 0 Å². The number of halogens is 1. The Morgan fingerprint density at radius 2 is 1.21 bits per heavy atom. The van der Waals surface area contributed by atoms with Gasteiger partial charge in [0.25, 0.3) is 0 Å². The highest BCUT2D eigenvalue weighted by Gasteiger charge is 2.30. The molecule has 0 aromatic carbocycles. The van der Waals surface area contributed by atoms with Gasteiger partial charge in [0.2, 0.25) is 0 Å². The lowest BCUT2D eigenvalue weighted by Gasteiger charge is -2.32. The lowest BCUT2D eigenvalue weighted by atomic mass is 10.0. The lowest BCUT2D eigenvalue weighted by molar-refractivity contribution is -0.910. The van der Waals surface area contributed by atoms with E-state index < -0.39 is 10.1 Å². The second-order valence-electron chi connectivity index (χ2n) is 8.60. The molecule has 4 nitrogen and oxygen atoms in total. The summed E-state index contributed by atoms with van der Waals surface area (Å²) in [4.78, 5) is 0. The molecule has 0 saturated carbocycles. The van der Waals surface area contributed by atoms with Gasteiger partial charge in [-0.3, -0.25) is 0 Å². The van der Waals surface area contributed by atoms with Crippen molar-refractivity contribution in [3.05, 3.63) is 0 Å². The monoisotopic (exact) mass is 541 g/mol. The molecule has 29 heavy (non-hydrogen) atoms. The zero-order valence-corrected chi connectivity index (χ0v) is 21.9. The molecule has 0 aromatic rings. The molecule has 0 amide bonds. The van der Waals surface area contributed by atoms with E-state index in [-0.39, 0.29) is 0 Å². The fraction of sp³-hybridized carbons (Fsp3) is 0.913. The van der Waals surface area contributed by atoms with E-state index in [9.17, 15) is 0 Å². The van der Waals surface area contributed by atoms with Crippen LogP contribution in [-0.2, 0) is 10.1 Å². The quantitative estimate of drug-likeness (QED) is 0.0810. The maximum Gasteiger partial charge on any atom is 0.141 e. The second-order valence-corrected chi connectivity index (χ2v) is 10.5. The highest BCUT2D eigenvalue weighted by Crippen LogP contribution is 2.21. The van der Waals surface area contributed by atoms with Gasteiger partial charge < -0.3 is 9.04 Å². The van der Waals surface area contributed by atoms with Gasteiger partial charge in [-0.2, -0.15) is 0 Å². The summed E-state index contributed by atoms with van der Waals surface area (Å²) in [5.41, 5.74) is 0. The molecule has 1 fully saturated rings. The predicted octanol–water partition coefficient (Wildman–Crippen LogP) is 6.25. The SMILES string of the molecule is CCCCCCCCCCCCCCC[N+]1(CC#CI)CCCC1.CS(=O)(=O)[O-]. The first-order valence-electron chi connectivity index (χ1n) is 11.7. The number of hydrogen-bond donors (Lipinski definition) is 0. The lowest BCUT2D eigenvalue weighted by Crippen LogP contribution is -2.46. The summed E-state index contributed by atoms with van der Waals surface area (Å²) < 4.78 is 31.6. The number of likely N-dealkylation sites (tertiary alicyclic amines) is 1. The van der Waals surface area contributed by atoms with Crippen LogP contribution in [-0.4, -0.2) is 49.9 Å². The zero-order chi connectivity index (χ0) is 21.8. The number of rotatable bonds is 15. The molecule has 0 aliphatic carbocycles. The van der Waals surface area contributed by atoms with Gasteiger partial charge in [0.05, 0.1) is 29.8 Å². The van der Waals surface area contributed by atoms with Crippen LogP contribution in [0.2, 0.25) is 0 Å². The van der Waals surface area contributed by atoms with Gasteiger partial charge in [0, 0.05) is 41.7 Å². The highest BCUT2D eigenvalue weighted by molar-refractivity contribution is 14.1. The highest BCUT2D eigenvalue weighted by atomic mass is 127. The molecule has 1 aliphatic heterocycles. The van der Waals surface area contributed by atoms with Crippen molar-refractivity contribution < 1.29 is 17.5 Å². The molecule has 1 heterocycles. The minimum atomic E-state index is -3.92. The van der Waals surface area contributed by atoms with Crippen molar-refractivity contribution in [2.24, 2.45) is 0 Å². The normalized spacial score (nSPS) is 15.3. The van der Waals surface area contributed by atoms with Crippen molar-refractivity contribution in [2.45, 2.75) is 103 Å². The zero-order valence-electron chi connectivity index (χ0n) is 18.9. The maximum absolute atomic E-state index is 9.08. The fourth-order valence-corrected chi connectivity index (χ4v) is 4.30. The van der Waals surface area contributed by atoms with Gasteiger partial charge in [-0.05, 0) is 22.7 Å². The summed E-state index contributed by atoms with van der Waals surface area (Å²) in [5.74, 6) is 3.34. The first-order chi connectivity index (χ1) is 13.8. The Balaban J connectivity index is 0.00000139. The topological polar surface area (TPSA) is 57.2 Å². The van der Waals surface area contributed by atoms with Gasteiger partial charge >= 0.3 is 0 Å². The van der Waals surface area contributed by atoms with E-state index in [2.05, 4.69) is 39.4 Å². The molecule has 0 aromatic heterocycles. The summed E-state index contributed by atoms with van der Waals surface area (Å²) in [6, 6.07) is 0. The van der Waals surface area contributed by atoms with Crippen LogP contribution in [0.5, 0.6) is 0 Å². The largest absolute Gasteiger partial charge is 0.748 e. The summed E-state index contributed by atoms with van der Waals surface area (Å²) in [5, 5.41) is 0. The van der Waals surface area contributed by atoms with Crippen LogP contribution in [0.1, 0.15) is 103 Å². The number of nitrogens with zero attached hydrogens (tertiary/aromatic N) is 1. The third-order valence-electron chi connectivity index (χ3n) is 5.73. The first kappa shape index (κ1) is 29.2. The van der Waals surface area contributed by atoms with E-state index in [0.717, 1.165) is 6.54 Å². The Hall–Kier alpha value is 0.160. The summed E-state index contributed by atoms with van der Waals surface area (Å²) in [6.45, 7) is 7.53. The molecule has 0 N–H and O–H groups in total. The minimum absolute atomic E-state index is 0.604. The average molecular weight is 542 g/mol. The molecule has 0 spiro atoms. The Bertz CT molecular complexity index is 526. The minimum Gasteiger partial charge on any atom is -0.748 e. The van der Waals surface area contributed by atoms with Crippen molar-refractivity contribution in [1.29, 1.82) is 0 Å². The predicted molar refractivity (Wildman–Crippen MR) is 132 cm³/mol. The third-order valence-corrected chi connectivity index (χ3v) is 6.11. The maximum atomic E-state index is 9.08. The average Bonchev–Trinajstić information content (AvgIpc) is 3.11. The van der Waals surface area contributed by atoms with Crippen LogP contribution < -0.4 is 0 Å². The van der Waals surface area contributed by atoms with Gasteiger partial charge in [-0.25, -0.2) is 8.42 Å². The molecule has 172 valence electrons.